The number of rotatable bonds is 6. The Balaban J connectivity index is 1.24. The highest BCUT2D eigenvalue weighted by Crippen LogP contribution is 2.59. The third-order valence-electron chi connectivity index (χ3n) is 7.86. The molecule has 0 radical (unpaired) electrons. The number of fused-ring (bicyclic) bond motifs is 2. The van der Waals surface area contributed by atoms with Gasteiger partial charge in [0.15, 0.2) is 0 Å². The maximum atomic E-state index is 14.7. The van der Waals surface area contributed by atoms with Crippen LogP contribution in [0, 0.1) is 17.2 Å². The Bertz CT molecular complexity index is 1490. The first-order chi connectivity index (χ1) is 16.8. The van der Waals surface area contributed by atoms with Crippen molar-refractivity contribution in [3.8, 4) is 0 Å². The van der Waals surface area contributed by atoms with Crippen molar-refractivity contribution >= 4 is 49.3 Å². The fourth-order valence-corrected chi connectivity index (χ4v) is 6.51. The molecule has 4 aromatic rings. The molecule has 0 unspecified atom stereocenters. The molecule has 0 amide bonds. The molecule has 35 heavy (non-hydrogen) atoms. The van der Waals surface area contributed by atoms with Crippen molar-refractivity contribution in [1.82, 2.24) is 9.88 Å². The first kappa shape index (κ1) is 22.4. The van der Waals surface area contributed by atoms with Crippen LogP contribution < -0.4 is 5.32 Å². The van der Waals surface area contributed by atoms with Crippen molar-refractivity contribution in [3.63, 3.8) is 0 Å². The molecule has 2 saturated carbocycles. The topological polar surface area (TPSA) is 54.3 Å². The van der Waals surface area contributed by atoms with Crippen LogP contribution in [0.1, 0.15) is 36.8 Å². The summed E-state index contributed by atoms with van der Waals surface area (Å²) in [6.45, 7) is 4.92. The molecule has 1 heterocycles. The minimum Gasteiger partial charge on any atom is -0.481 e. The molecular weight excluding hydrogens is 507 g/mol. The SMILES string of the molecule is C=C(NC1CC2(C1)CC(C(=O)O)C2)c1ccc(F)c2ccn(Cc3ccc4ccc(Br)cc4c3)c12. The monoisotopic (exact) mass is 532 g/mol. The number of benzene rings is 3. The second kappa shape index (κ2) is 8.23. The summed E-state index contributed by atoms with van der Waals surface area (Å²) >= 11 is 3.55. The Morgan fingerprint density at radius 1 is 1.09 bits per heavy atom. The predicted octanol–water partition coefficient (Wildman–Crippen LogP) is 6.95. The van der Waals surface area contributed by atoms with Crippen molar-refractivity contribution in [2.45, 2.75) is 38.3 Å². The van der Waals surface area contributed by atoms with E-state index in [4.69, 9.17) is 0 Å². The molecule has 2 N–H and O–H groups in total. The first-order valence-electron chi connectivity index (χ1n) is 11.9. The Morgan fingerprint density at radius 3 is 2.63 bits per heavy atom. The van der Waals surface area contributed by atoms with Crippen molar-refractivity contribution < 1.29 is 14.3 Å². The number of halogens is 2. The number of aromatic nitrogens is 1. The molecule has 0 aliphatic heterocycles. The average molecular weight is 533 g/mol. The van der Waals surface area contributed by atoms with Crippen LogP contribution in [-0.4, -0.2) is 21.7 Å². The summed E-state index contributed by atoms with van der Waals surface area (Å²) in [4.78, 5) is 11.2. The summed E-state index contributed by atoms with van der Waals surface area (Å²) in [6, 6.07) is 18.1. The minimum atomic E-state index is -0.676. The van der Waals surface area contributed by atoms with Crippen LogP contribution in [0.5, 0.6) is 0 Å². The zero-order valence-electron chi connectivity index (χ0n) is 19.2. The summed E-state index contributed by atoms with van der Waals surface area (Å²) in [5.74, 6) is -1.10. The number of nitrogens with zero attached hydrogens (tertiary/aromatic N) is 1. The largest absolute Gasteiger partial charge is 0.481 e. The van der Waals surface area contributed by atoms with Gasteiger partial charge in [-0.2, -0.15) is 0 Å². The van der Waals surface area contributed by atoms with E-state index >= 15 is 0 Å². The van der Waals surface area contributed by atoms with E-state index < -0.39 is 5.97 Å². The van der Waals surface area contributed by atoms with E-state index in [0.29, 0.717) is 11.9 Å². The molecule has 4 nitrogen and oxygen atoms in total. The fourth-order valence-electron chi connectivity index (χ4n) is 6.13. The van der Waals surface area contributed by atoms with Crippen molar-refractivity contribution in [2.24, 2.45) is 11.3 Å². The molecule has 2 aliphatic carbocycles. The summed E-state index contributed by atoms with van der Waals surface area (Å²) in [5, 5.41) is 15.6. The van der Waals surface area contributed by atoms with Crippen molar-refractivity contribution in [1.29, 1.82) is 0 Å². The van der Waals surface area contributed by atoms with Crippen LogP contribution in [0.4, 0.5) is 4.39 Å². The van der Waals surface area contributed by atoms with Crippen LogP contribution >= 0.6 is 15.9 Å². The zero-order valence-corrected chi connectivity index (χ0v) is 20.8. The average Bonchev–Trinajstić information content (AvgIpc) is 3.18. The second-order valence-electron chi connectivity index (χ2n) is 10.3. The van der Waals surface area contributed by atoms with Crippen LogP contribution in [0.2, 0.25) is 0 Å². The van der Waals surface area contributed by atoms with E-state index in [9.17, 15) is 14.3 Å². The number of hydrogen-bond donors (Lipinski definition) is 2. The number of carbonyl (C=O) groups is 1. The van der Waals surface area contributed by atoms with E-state index in [0.717, 1.165) is 57.9 Å². The van der Waals surface area contributed by atoms with Gasteiger partial charge in [0.1, 0.15) is 5.82 Å². The van der Waals surface area contributed by atoms with Gasteiger partial charge in [-0.1, -0.05) is 40.7 Å². The number of carboxylic acid groups (broad SMARTS) is 1. The van der Waals surface area contributed by atoms with Crippen LogP contribution in [0.15, 0.2) is 71.8 Å². The van der Waals surface area contributed by atoms with Crippen molar-refractivity contribution in [2.75, 3.05) is 0 Å². The van der Waals surface area contributed by atoms with Gasteiger partial charge in [0, 0.05) is 39.9 Å². The highest BCUT2D eigenvalue weighted by Gasteiger charge is 2.54. The Labute approximate surface area is 211 Å². The van der Waals surface area contributed by atoms with Gasteiger partial charge in [0.2, 0.25) is 0 Å². The quantitative estimate of drug-likeness (QED) is 0.282. The lowest BCUT2D eigenvalue weighted by atomic mass is 9.50. The van der Waals surface area contributed by atoms with E-state index in [2.05, 4.69) is 62.7 Å². The number of hydrogen-bond acceptors (Lipinski definition) is 2. The van der Waals surface area contributed by atoms with Crippen LogP contribution in [-0.2, 0) is 11.3 Å². The second-order valence-corrected chi connectivity index (χ2v) is 11.2. The summed E-state index contributed by atoms with van der Waals surface area (Å²) in [6.07, 6.45) is 5.42. The lowest BCUT2D eigenvalue weighted by molar-refractivity contribution is -0.155. The standard InChI is InChI=1S/C29H26BrFN2O2/c1-17(32-23-14-29(15-23)12-21(13-29)28(34)35)24-6-7-26(31)25-8-9-33(27(24)25)16-18-2-3-19-4-5-22(30)11-20(19)10-18/h2-11,21,23,32H,1,12-16H2,(H,34,35). The fraction of sp³-hybridized carbons (Fsp3) is 0.276. The van der Waals surface area contributed by atoms with Crippen LogP contribution in [0.25, 0.3) is 27.4 Å². The summed E-state index contributed by atoms with van der Waals surface area (Å²) in [7, 11) is 0. The van der Waals surface area contributed by atoms with Crippen molar-refractivity contribution in [3.05, 3.63) is 88.8 Å². The van der Waals surface area contributed by atoms with Gasteiger partial charge in [-0.05, 0) is 83.8 Å². The molecule has 2 fully saturated rings. The van der Waals surface area contributed by atoms with E-state index in [1.54, 1.807) is 6.07 Å². The first-order valence-corrected chi connectivity index (χ1v) is 12.7. The van der Waals surface area contributed by atoms with Gasteiger partial charge in [0.25, 0.3) is 0 Å². The van der Waals surface area contributed by atoms with E-state index in [1.165, 1.54) is 11.5 Å². The molecular formula is C29H26BrFN2O2. The molecule has 0 bridgehead atoms. The van der Waals surface area contributed by atoms with E-state index in [-0.39, 0.29) is 23.2 Å². The molecule has 3 aromatic carbocycles. The number of aliphatic carboxylic acids is 1. The van der Waals surface area contributed by atoms with Gasteiger partial charge in [-0.3, -0.25) is 4.79 Å². The Hall–Kier alpha value is -3.12. The Morgan fingerprint density at radius 2 is 1.86 bits per heavy atom. The summed E-state index contributed by atoms with van der Waals surface area (Å²) < 4.78 is 17.8. The van der Waals surface area contributed by atoms with E-state index in [1.807, 2.05) is 18.3 Å². The molecule has 0 saturated heterocycles. The van der Waals surface area contributed by atoms with Gasteiger partial charge in [-0.25, -0.2) is 4.39 Å². The third kappa shape index (κ3) is 3.94. The molecule has 2 aliphatic rings. The highest BCUT2D eigenvalue weighted by atomic mass is 79.9. The number of nitrogens with one attached hydrogen (secondary N) is 1. The highest BCUT2D eigenvalue weighted by molar-refractivity contribution is 9.10. The minimum absolute atomic E-state index is 0.185. The number of carboxylic acids is 1. The van der Waals surface area contributed by atoms with Crippen LogP contribution in [0.3, 0.4) is 0 Å². The smallest absolute Gasteiger partial charge is 0.306 e. The Kier molecular flexibility index (Phi) is 5.26. The molecule has 1 aromatic heterocycles. The van der Waals surface area contributed by atoms with Gasteiger partial charge in [-0.15, -0.1) is 0 Å². The lowest BCUT2D eigenvalue weighted by Gasteiger charge is -2.57. The van der Waals surface area contributed by atoms with Gasteiger partial charge in [0.05, 0.1) is 11.4 Å². The lowest BCUT2D eigenvalue weighted by Crippen LogP contribution is -2.55. The molecule has 178 valence electrons. The molecule has 6 rings (SSSR count). The maximum Gasteiger partial charge on any atom is 0.306 e. The predicted molar refractivity (Wildman–Crippen MR) is 141 cm³/mol. The molecule has 6 heteroatoms. The molecule has 0 atom stereocenters. The van der Waals surface area contributed by atoms with Gasteiger partial charge < -0.3 is 15.0 Å². The maximum absolute atomic E-state index is 14.7. The molecule has 1 spiro atoms. The van der Waals surface area contributed by atoms with Gasteiger partial charge >= 0.3 is 5.97 Å². The third-order valence-corrected chi connectivity index (χ3v) is 8.36. The normalized spacial score (nSPS) is 23.3. The summed E-state index contributed by atoms with van der Waals surface area (Å²) in [5.41, 5.74) is 3.84. The zero-order chi connectivity index (χ0) is 24.3.